The van der Waals surface area contributed by atoms with Crippen LogP contribution in [0.15, 0.2) is 18.5 Å². The van der Waals surface area contributed by atoms with E-state index in [9.17, 15) is 0 Å². The Labute approximate surface area is 48.3 Å². The number of nitrogens with zero attached hydrogens (tertiary/aromatic N) is 1. The average Bonchev–Trinajstić information content (AvgIpc) is 2.14. The number of aromatic nitrogens is 1. The summed E-state index contributed by atoms with van der Waals surface area (Å²) in [6.45, 7) is 0. The Kier molecular flexibility index (Phi) is 1.16. The third-order valence-electron chi connectivity index (χ3n) is 1.02. The first-order valence-corrected chi connectivity index (χ1v) is 2.45. The molecule has 0 aliphatic heterocycles. The summed E-state index contributed by atoms with van der Waals surface area (Å²) < 4.78 is 1.92. The monoisotopic (exact) mass is 108 g/mol. The molecule has 0 aliphatic carbocycles. The maximum absolute atomic E-state index is 6.82. The van der Waals surface area contributed by atoms with E-state index in [4.69, 9.17) is 5.41 Å². The highest BCUT2D eigenvalue weighted by Gasteiger charge is 1.84. The topological polar surface area (TPSA) is 28.8 Å². The third kappa shape index (κ3) is 0.780. The van der Waals surface area contributed by atoms with Crippen LogP contribution in [-0.2, 0) is 7.05 Å². The summed E-state index contributed by atoms with van der Waals surface area (Å²) in [5.41, 5.74) is 0.951. The Morgan fingerprint density at radius 1 is 1.75 bits per heavy atom. The molecule has 42 valence electrons. The number of nitrogens with one attached hydrogen (secondary N) is 1. The standard InChI is InChI=1S/C6H8N2/c1-8-3-2-6(4-7)5-8/h2-5,7H,1H3. The van der Waals surface area contributed by atoms with Crippen molar-refractivity contribution in [2.45, 2.75) is 0 Å². The molecule has 0 spiro atoms. The largest absolute Gasteiger partial charge is 0.357 e. The zero-order chi connectivity index (χ0) is 5.98. The van der Waals surface area contributed by atoms with Gasteiger partial charge in [0, 0.05) is 31.2 Å². The van der Waals surface area contributed by atoms with E-state index in [1.165, 1.54) is 6.21 Å². The molecule has 1 aromatic heterocycles. The molecule has 2 heteroatoms. The van der Waals surface area contributed by atoms with Crippen LogP contribution in [-0.4, -0.2) is 10.8 Å². The second kappa shape index (κ2) is 1.82. The number of aryl methyl sites for hydroxylation is 1. The molecule has 1 aromatic rings. The summed E-state index contributed by atoms with van der Waals surface area (Å²) in [5.74, 6) is 0. The van der Waals surface area contributed by atoms with Gasteiger partial charge in [-0.25, -0.2) is 0 Å². The van der Waals surface area contributed by atoms with Gasteiger partial charge in [-0.15, -0.1) is 0 Å². The number of hydrogen-bond donors (Lipinski definition) is 1. The second-order valence-electron chi connectivity index (χ2n) is 1.75. The molecule has 0 saturated heterocycles. The first kappa shape index (κ1) is 5.09. The predicted octanol–water partition coefficient (Wildman–Crippen LogP) is 1.02. The molecule has 8 heavy (non-hydrogen) atoms. The summed E-state index contributed by atoms with van der Waals surface area (Å²) in [6, 6.07) is 1.90. The van der Waals surface area contributed by atoms with Crippen LogP contribution in [0.2, 0.25) is 0 Å². The van der Waals surface area contributed by atoms with Crippen molar-refractivity contribution in [3.63, 3.8) is 0 Å². The SMILES string of the molecule is Cn1ccc(C=N)c1. The van der Waals surface area contributed by atoms with Gasteiger partial charge in [0.2, 0.25) is 0 Å². The lowest BCUT2D eigenvalue weighted by molar-refractivity contribution is 0.927. The Morgan fingerprint density at radius 2 is 2.50 bits per heavy atom. The van der Waals surface area contributed by atoms with Crippen molar-refractivity contribution >= 4 is 6.21 Å². The molecule has 0 amide bonds. The maximum Gasteiger partial charge on any atom is 0.0265 e. The van der Waals surface area contributed by atoms with Crippen molar-refractivity contribution in [2.24, 2.45) is 7.05 Å². The lowest BCUT2D eigenvalue weighted by Crippen LogP contribution is -1.78. The first-order valence-electron chi connectivity index (χ1n) is 2.45. The summed E-state index contributed by atoms with van der Waals surface area (Å²) in [6.07, 6.45) is 5.15. The molecule has 0 atom stereocenters. The molecule has 0 aromatic carbocycles. The fourth-order valence-corrected chi connectivity index (χ4v) is 0.610. The molecule has 0 saturated carbocycles. The van der Waals surface area contributed by atoms with Gasteiger partial charge in [-0.1, -0.05) is 0 Å². The lowest BCUT2D eigenvalue weighted by Gasteiger charge is -1.81. The fraction of sp³-hybridized carbons (Fsp3) is 0.167. The molecule has 2 nitrogen and oxygen atoms in total. The average molecular weight is 108 g/mol. The molecular formula is C6H8N2. The Balaban J connectivity index is 3.00. The van der Waals surface area contributed by atoms with Crippen molar-refractivity contribution < 1.29 is 0 Å². The highest BCUT2D eigenvalue weighted by Crippen LogP contribution is 1.92. The molecule has 0 aliphatic rings. The second-order valence-corrected chi connectivity index (χ2v) is 1.75. The van der Waals surface area contributed by atoms with E-state index >= 15 is 0 Å². The van der Waals surface area contributed by atoms with Crippen molar-refractivity contribution in [1.82, 2.24) is 4.57 Å². The van der Waals surface area contributed by atoms with Crippen LogP contribution in [0.25, 0.3) is 0 Å². The van der Waals surface area contributed by atoms with Crippen molar-refractivity contribution in [2.75, 3.05) is 0 Å². The van der Waals surface area contributed by atoms with Crippen molar-refractivity contribution in [3.05, 3.63) is 24.0 Å². The first-order chi connectivity index (χ1) is 3.83. The highest BCUT2D eigenvalue weighted by molar-refractivity contribution is 5.76. The quantitative estimate of drug-likeness (QED) is 0.520. The Hall–Kier alpha value is -1.05. The van der Waals surface area contributed by atoms with E-state index in [0.29, 0.717) is 0 Å². The Morgan fingerprint density at radius 3 is 2.75 bits per heavy atom. The van der Waals surface area contributed by atoms with Crippen LogP contribution in [0.3, 0.4) is 0 Å². The van der Waals surface area contributed by atoms with Gasteiger partial charge < -0.3 is 9.98 Å². The minimum atomic E-state index is 0.951. The van der Waals surface area contributed by atoms with E-state index in [1.807, 2.05) is 30.1 Å². The summed E-state index contributed by atoms with van der Waals surface area (Å²) >= 11 is 0. The van der Waals surface area contributed by atoms with Gasteiger partial charge in [-0.3, -0.25) is 0 Å². The van der Waals surface area contributed by atoms with Crippen LogP contribution in [0.4, 0.5) is 0 Å². The van der Waals surface area contributed by atoms with E-state index in [-0.39, 0.29) is 0 Å². The van der Waals surface area contributed by atoms with Crippen LogP contribution < -0.4 is 0 Å². The molecule has 0 unspecified atom stereocenters. The summed E-state index contributed by atoms with van der Waals surface area (Å²) in [4.78, 5) is 0. The number of rotatable bonds is 1. The van der Waals surface area contributed by atoms with Gasteiger partial charge in [0.25, 0.3) is 0 Å². The maximum atomic E-state index is 6.82. The van der Waals surface area contributed by atoms with Crippen LogP contribution in [0, 0.1) is 5.41 Å². The van der Waals surface area contributed by atoms with Gasteiger partial charge in [-0.05, 0) is 6.07 Å². The van der Waals surface area contributed by atoms with E-state index in [0.717, 1.165) is 5.56 Å². The van der Waals surface area contributed by atoms with Gasteiger partial charge in [-0.2, -0.15) is 0 Å². The number of hydrogen-bond acceptors (Lipinski definition) is 1. The predicted molar refractivity (Wildman–Crippen MR) is 33.3 cm³/mol. The van der Waals surface area contributed by atoms with E-state index in [2.05, 4.69) is 0 Å². The van der Waals surface area contributed by atoms with Crippen molar-refractivity contribution in [3.8, 4) is 0 Å². The smallest absolute Gasteiger partial charge is 0.0265 e. The van der Waals surface area contributed by atoms with Gasteiger partial charge in [0.05, 0.1) is 0 Å². The molecule has 1 heterocycles. The molecular weight excluding hydrogens is 100 g/mol. The van der Waals surface area contributed by atoms with E-state index in [1.54, 1.807) is 0 Å². The van der Waals surface area contributed by atoms with Crippen LogP contribution in [0.1, 0.15) is 5.56 Å². The molecule has 1 rings (SSSR count). The Bertz CT molecular complexity index is 188. The molecule has 0 bridgehead atoms. The lowest BCUT2D eigenvalue weighted by atomic mass is 10.4. The van der Waals surface area contributed by atoms with E-state index < -0.39 is 0 Å². The summed E-state index contributed by atoms with van der Waals surface area (Å²) in [5, 5.41) is 6.82. The third-order valence-corrected chi connectivity index (χ3v) is 1.02. The summed E-state index contributed by atoms with van der Waals surface area (Å²) in [7, 11) is 1.94. The van der Waals surface area contributed by atoms with Crippen molar-refractivity contribution in [1.29, 1.82) is 5.41 Å². The minimum Gasteiger partial charge on any atom is -0.357 e. The van der Waals surface area contributed by atoms with Crippen LogP contribution in [0.5, 0.6) is 0 Å². The zero-order valence-corrected chi connectivity index (χ0v) is 4.76. The highest BCUT2D eigenvalue weighted by atomic mass is 14.9. The zero-order valence-electron chi connectivity index (χ0n) is 4.76. The fourth-order valence-electron chi connectivity index (χ4n) is 0.610. The molecule has 0 radical (unpaired) electrons. The van der Waals surface area contributed by atoms with Gasteiger partial charge >= 0.3 is 0 Å². The molecule has 1 N–H and O–H groups in total. The van der Waals surface area contributed by atoms with Gasteiger partial charge in [0.1, 0.15) is 0 Å². The van der Waals surface area contributed by atoms with Crippen LogP contribution >= 0.6 is 0 Å². The normalized spacial score (nSPS) is 9.12. The molecule has 0 fully saturated rings. The minimum absolute atomic E-state index is 0.951. The van der Waals surface area contributed by atoms with Gasteiger partial charge in [0.15, 0.2) is 0 Å².